The van der Waals surface area contributed by atoms with Gasteiger partial charge in [0.1, 0.15) is 5.69 Å². The first kappa shape index (κ1) is 14.0. The normalized spacial score (nSPS) is 23.4. The monoisotopic (exact) mass is 262 g/mol. The maximum absolute atomic E-state index is 11.5. The number of methoxy groups -OCH3 is 1. The number of anilines is 1. The smallest absolute Gasteiger partial charge is 0.180 e. The Balaban J connectivity index is 2.08. The van der Waals surface area contributed by atoms with Crippen LogP contribution in [-0.2, 0) is 4.74 Å². The summed E-state index contributed by atoms with van der Waals surface area (Å²) >= 11 is 0. The van der Waals surface area contributed by atoms with Crippen LogP contribution in [-0.4, -0.2) is 37.1 Å². The van der Waals surface area contributed by atoms with Crippen LogP contribution >= 0.6 is 0 Å². The minimum absolute atomic E-state index is 0.0913. The topological polar surface area (TPSA) is 42.4 Å². The van der Waals surface area contributed by atoms with Crippen molar-refractivity contribution < 1.29 is 9.53 Å². The Labute approximate surface area is 114 Å². The summed E-state index contributed by atoms with van der Waals surface area (Å²) in [5.74, 6) is 0.684. The number of hydrogen-bond donors (Lipinski definition) is 0. The van der Waals surface area contributed by atoms with Gasteiger partial charge in [0, 0.05) is 26.6 Å². The number of nitrogens with zero attached hydrogens (tertiary/aromatic N) is 2. The number of rotatable bonds is 4. The van der Waals surface area contributed by atoms with E-state index in [0.717, 1.165) is 25.2 Å². The summed E-state index contributed by atoms with van der Waals surface area (Å²) in [4.78, 5) is 18.1. The van der Waals surface area contributed by atoms with Crippen LogP contribution in [0.2, 0.25) is 0 Å². The lowest BCUT2D eigenvalue weighted by atomic mass is 9.95. The lowest BCUT2D eigenvalue weighted by Gasteiger charge is -2.37. The zero-order valence-corrected chi connectivity index (χ0v) is 11.9. The highest BCUT2D eigenvalue weighted by Crippen LogP contribution is 2.24. The highest BCUT2D eigenvalue weighted by Gasteiger charge is 2.26. The van der Waals surface area contributed by atoms with Crippen molar-refractivity contribution in [3.63, 3.8) is 0 Å². The summed E-state index contributed by atoms with van der Waals surface area (Å²) < 4.78 is 5.52. The van der Waals surface area contributed by atoms with E-state index < -0.39 is 0 Å². The third-order valence-corrected chi connectivity index (χ3v) is 3.91. The largest absolute Gasteiger partial charge is 0.379 e. The van der Waals surface area contributed by atoms with Crippen LogP contribution in [0.25, 0.3) is 0 Å². The molecule has 1 aliphatic heterocycles. The fourth-order valence-corrected chi connectivity index (χ4v) is 2.49. The van der Waals surface area contributed by atoms with E-state index in [1.807, 2.05) is 19.1 Å². The summed E-state index contributed by atoms with van der Waals surface area (Å²) in [5, 5.41) is 0. The molecule has 0 aromatic carbocycles. The second kappa shape index (κ2) is 6.15. The molecule has 2 rings (SSSR count). The fraction of sp³-hybridized carbons (Fsp3) is 0.600. The van der Waals surface area contributed by atoms with Gasteiger partial charge in [0.2, 0.25) is 0 Å². The number of carbonyl (C=O) groups excluding carboxylic acids is 1. The van der Waals surface area contributed by atoms with Crippen LogP contribution in [0, 0.1) is 5.92 Å². The molecule has 2 atom stereocenters. The lowest BCUT2D eigenvalue weighted by molar-refractivity contribution is 0.0498. The van der Waals surface area contributed by atoms with E-state index in [4.69, 9.17) is 4.74 Å². The van der Waals surface area contributed by atoms with E-state index in [0.29, 0.717) is 18.0 Å². The standard InChI is InChI=1S/C15H22N2O2/c1-4-14(18)13-6-5-12(9-16-13)17-8-7-11(2)15(10-17)19-3/h5-6,9,11,15H,4,7-8,10H2,1-3H3. The Bertz CT molecular complexity index is 430. The van der Waals surface area contributed by atoms with E-state index in [2.05, 4.69) is 16.8 Å². The Morgan fingerprint density at radius 3 is 2.89 bits per heavy atom. The molecule has 104 valence electrons. The van der Waals surface area contributed by atoms with Gasteiger partial charge < -0.3 is 9.64 Å². The van der Waals surface area contributed by atoms with Crippen molar-refractivity contribution in [2.45, 2.75) is 32.8 Å². The number of aromatic nitrogens is 1. The van der Waals surface area contributed by atoms with Crippen molar-refractivity contribution in [1.82, 2.24) is 4.98 Å². The van der Waals surface area contributed by atoms with Gasteiger partial charge in [-0.3, -0.25) is 9.78 Å². The molecule has 4 heteroatoms. The number of piperidine rings is 1. The zero-order valence-electron chi connectivity index (χ0n) is 11.9. The van der Waals surface area contributed by atoms with Gasteiger partial charge in [-0.25, -0.2) is 0 Å². The van der Waals surface area contributed by atoms with Crippen molar-refractivity contribution in [2.75, 3.05) is 25.1 Å². The van der Waals surface area contributed by atoms with E-state index in [1.54, 1.807) is 13.3 Å². The van der Waals surface area contributed by atoms with Gasteiger partial charge in [0.15, 0.2) is 5.78 Å². The van der Waals surface area contributed by atoms with Crippen LogP contribution in [0.4, 0.5) is 5.69 Å². The minimum Gasteiger partial charge on any atom is -0.379 e. The Morgan fingerprint density at radius 2 is 2.32 bits per heavy atom. The van der Waals surface area contributed by atoms with Crippen LogP contribution in [0.5, 0.6) is 0 Å². The van der Waals surface area contributed by atoms with Gasteiger partial charge in [0.05, 0.1) is 18.0 Å². The highest BCUT2D eigenvalue weighted by atomic mass is 16.5. The molecule has 19 heavy (non-hydrogen) atoms. The maximum atomic E-state index is 11.5. The third kappa shape index (κ3) is 3.13. The van der Waals surface area contributed by atoms with Crippen LogP contribution in [0.1, 0.15) is 37.2 Å². The molecule has 0 saturated carbocycles. The molecular weight excluding hydrogens is 240 g/mol. The molecule has 0 spiro atoms. The average Bonchev–Trinajstić information content (AvgIpc) is 2.47. The van der Waals surface area contributed by atoms with Gasteiger partial charge >= 0.3 is 0 Å². The number of Topliss-reactive ketones (excluding diaryl/α,β-unsaturated/α-hetero) is 1. The SMILES string of the molecule is CCC(=O)c1ccc(N2CCC(C)C(OC)C2)cn1. The predicted molar refractivity (Wildman–Crippen MR) is 75.6 cm³/mol. The van der Waals surface area contributed by atoms with Gasteiger partial charge in [-0.15, -0.1) is 0 Å². The van der Waals surface area contributed by atoms with Crippen LogP contribution in [0.3, 0.4) is 0 Å². The molecule has 0 aliphatic carbocycles. The first-order valence-corrected chi connectivity index (χ1v) is 6.92. The summed E-state index contributed by atoms with van der Waals surface area (Å²) in [5.41, 5.74) is 1.63. The summed E-state index contributed by atoms with van der Waals surface area (Å²) in [6.45, 7) is 5.99. The maximum Gasteiger partial charge on any atom is 0.180 e. The van der Waals surface area contributed by atoms with Gasteiger partial charge in [-0.2, -0.15) is 0 Å². The minimum atomic E-state index is 0.0913. The van der Waals surface area contributed by atoms with Gasteiger partial charge in [-0.05, 0) is 24.5 Å². The summed E-state index contributed by atoms with van der Waals surface area (Å²) in [6, 6.07) is 3.81. The molecule has 0 N–H and O–H groups in total. The quantitative estimate of drug-likeness (QED) is 0.782. The first-order valence-electron chi connectivity index (χ1n) is 6.92. The molecule has 0 amide bonds. The van der Waals surface area contributed by atoms with Gasteiger partial charge in [0.25, 0.3) is 0 Å². The zero-order chi connectivity index (χ0) is 13.8. The van der Waals surface area contributed by atoms with E-state index in [9.17, 15) is 4.79 Å². The Morgan fingerprint density at radius 1 is 1.53 bits per heavy atom. The molecule has 0 bridgehead atoms. The van der Waals surface area contributed by atoms with E-state index in [1.165, 1.54) is 0 Å². The number of ketones is 1. The molecule has 2 unspecified atom stereocenters. The fourth-order valence-electron chi connectivity index (χ4n) is 2.49. The molecule has 1 saturated heterocycles. The molecule has 2 heterocycles. The van der Waals surface area contributed by atoms with Crippen LogP contribution < -0.4 is 4.90 Å². The van der Waals surface area contributed by atoms with Crippen LogP contribution in [0.15, 0.2) is 18.3 Å². The highest BCUT2D eigenvalue weighted by molar-refractivity contribution is 5.94. The number of ether oxygens (including phenoxy) is 1. The van der Waals surface area contributed by atoms with Crippen molar-refractivity contribution >= 4 is 11.5 Å². The molecule has 0 radical (unpaired) electrons. The lowest BCUT2D eigenvalue weighted by Crippen LogP contribution is -2.44. The van der Waals surface area contributed by atoms with Crippen molar-refractivity contribution in [1.29, 1.82) is 0 Å². The molecule has 1 aromatic rings. The second-order valence-corrected chi connectivity index (χ2v) is 5.16. The Hall–Kier alpha value is -1.42. The van der Waals surface area contributed by atoms with Crippen molar-refractivity contribution in [2.24, 2.45) is 5.92 Å². The molecule has 1 fully saturated rings. The first-order chi connectivity index (χ1) is 9.15. The molecule has 1 aliphatic rings. The average molecular weight is 262 g/mol. The molecule has 1 aromatic heterocycles. The van der Waals surface area contributed by atoms with Crippen molar-refractivity contribution in [3.05, 3.63) is 24.0 Å². The number of hydrogen-bond acceptors (Lipinski definition) is 4. The van der Waals surface area contributed by atoms with Crippen molar-refractivity contribution in [3.8, 4) is 0 Å². The Kier molecular flexibility index (Phi) is 4.53. The predicted octanol–water partition coefficient (Wildman–Crippen LogP) is 2.54. The van der Waals surface area contributed by atoms with E-state index >= 15 is 0 Å². The number of carbonyl (C=O) groups is 1. The summed E-state index contributed by atoms with van der Waals surface area (Å²) in [6.07, 6.45) is 3.68. The number of pyridine rings is 1. The molecular formula is C15H22N2O2. The van der Waals surface area contributed by atoms with E-state index in [-0.39, 0.29) is 11.9 Å². The van der Waals surface area contributed by atoms with Gasteiger partial charge in [-0.1, -0.05) is 13.8 Å². The molecule has 4 nitrogen and oxygen atoms in total. The summed E-state index contributed by atoms with van der Waals surface area (Å²) in [7, 11) is 1.77. The second-order valence-electron chi connectivity index (χ2n) is 5.16. The third-order valence-electron chi connectivity index (χ3n) is 3.91.